The van der Waals surface area contributed by atoms with Crippen molar-refractivity contribution in [3.05, 3.63) is 65.2 Å². The fourth-order valence-corrected chi connectivity index (χ4v) is 5.30. The minimum absolute atomic E-state index is 0.0567. The molecular weight excluding hydrogens is 531 g/mol. The van der Waals surface area contributed by atoms with Gasteiger partial charge in [0.1, 0.15) is 18.0 Å². The molecule has 0 saturated carbocycles. The Hall–Kier alpha value is -3.54. The highest BCUT2D eigenvalue weighted by molar-refractivity contribution is 5.97. The number of nitrogens with zero attached hydrogens (tertiary/aromatic N) is 2. The Labute approximate surface area is 239 Å². The smallest absolute Gasteiger partial charge is 0.254 e. The summed E-state index contributed by atoms with van der Waals surface area (Å²) in [5.74, 6) is -1.93. The van der Waals surface area contributed by atoms with Crippen LogP contribution in [0, 0.1) is 6.92 Å². The molecule has 4 unspecified atom stereocenters. The van der Waals surface area contributed by atoms with Crippen LogP contribution >= 0.6 is 0 Å². The second kappa shape index (κ2) is 14.4. The van der Waals surface area contributed by atoms with E-state index in [4.69, 9.17) is 4.74 Å². The number of ether oxygens (including phenoxy) is 1. The van der Waals surface area contributed by atoms with Crippen LogP contribution in [0.15, 0.2) is 48.5 Å². The number of rotatable bonds is 11. The Morgan fingerprint density at radius 1 is 1.10 bits per heavy atom. The Bertz CT molecular complexity index is 1190. The minimum Gasteiger partial charge on any atom is -0.508 e. The molecule has 0 bridgehead atoms. The van der Waals surface area contributed by atoms with Gasteiger partial charge in [0.15, 0.2) is 6.10 Å². The third-order valence-electron chi connectivity index (χ3n) is 7.69. The first-order valence-electron chi connectivity index (χ1n) is 14.1. The van der Waals surface area contributed by atoms with Crippen LogP contribution in [0.1, 0.15) is 34.3 Å². The summed E-state index contributed by atoms with van der Waals surface area (Å²) < 4.78 is 19.9. The highest BCUT2D eigenvalue weighted by Crippen LogP contribution is 2.24. The number of carbonyl (C=O) groups excluding carboxylic acids is 3. The van der Waals surface area contributed by atoms with Gasteiger partial charge in [-0.3, -0.25) is 19.3 Å². The number of morpholine rings is 1. The predicted molar refractivity (Wildman–Crippen MR) is 150 cm³/mol. The van der Waals surface area contributed by atoms with E-state index in [1.54, 1.807) is 31.2 Å². The number of carbonyl (C=O) groups is 3. The minimum atomic E-state index is -1.74. The summed E-state index contributed by atoms with van der Waals surface area (Å²) in [5, 5.41) is 26.8. The molecular formula is C30H39FN4O6. The van der Waals surface area contributed by atoms with Crippen molar-refractivity contribution in [1.29, 1.82) is 0 Å². The monoisotopic (exact) mass is 570 g/mol. The van der Waals surface area contributed by atoms with Gasteiger partial charge in [-0.25, -0.2) is 4.39 Å². The van der Waals surface area contributed by atoms with Crippen LogP contribution in [0.4, 0.5) is 4.39 Å². The van der Waals surface area contributed by atoms with Gasteiger partial charge in [0.2, 0.25) is 5.91 Å². The molecule has 0 aromatic heterocycles. The molecule has 2 aromatic carbocycles. The average molecular weight is 571 g/mol. The van der Waals surface area contributed by atoms with Crippen molar-refractivity contribution in [2.75, 3.05) is 45.9 Å². The van der Waals surface area contributed by atoms with E-state index in [1.807, 2.05) is 6.07 Å². The van der Waals surface area contributed by atoms with Crippen LogP contribution in [0.25, 0.3) is 0 Å². The third-order valence-corrected chi connectivity index (χ3v) is 7.69. The van der Waals surface area contributed by atoms with Crippen molar-refractivity contribution < 1.29 is 33.7 Å². The molecule has 222 valence electrons. The number of aliphatic hydroxyl groups is 1. The maximum Gasteiger partial charge on any atom is 0.254 e. The van der Waals surface area contributed by atoms with Crippen LogP contribution in [0.3, 0.4) is 0 Å². The molecule has 11 heteroatoms. The molecule has 2 aliphatic heterocycles. The predicted octanol–water partition coefficient (Wildman–Crippen LogP) is 1.18. The van der Waals surface area contributed by atoms with E-state index < -0.39 is 42.1 Å². The number of nitrogens with one attached hydrogen (secondary N) is 2. The quantitative estimate of drug-likeness (QED) is 0.299. The summed E-state index contributed by atoms with van der Waals surface area (Å²) in [5.41, 5.74) is 1.31. The van der Waals surface area contributed by atoms with Crippen LogP contribution < -0.4 is 10.6 Å². The lowest BCUT2D eigenvalue weighted by molar-refractivity contribution is -0.146. The van der Waals surface area contributed by atoms with Gasteiger partial charge in [0.25, 0.3) is 11.8 Å². The van der Waals surface area contributed by atoms with Gasteiger partial charge < -0.3 is 30.5 Å². The van der Waals surface area contributed by atoms with E-state index in [0.717, 1.165) is 30.1 Å². The summed E-state index contributed by atoms with van der Waals surface area (Å²) in [6.45, 7) is 5.49. The van der Waals surface area contributed by atoms with E-state index in [-0.39, 0.29) is 30.7 Å². The number of hydrogen-bond acceptors (Lipinski definition) is 7. The van der Waals surface area contributed by atoms with Crippen molar-refractivity contribution >= 4 is 17.7 Å². The topological polar surface area (TPSA) is 131 Å². The molecule has 2 fully saturated rings. The van der Waals surface area contributed by atoms with Crippen molar-refractivity contribution in [1.82, 2.24) is 20.4 Å². The SMILES string of the molecule is Cc1c(O)cccc1C(=O)NC(Cc1ccccc1)C(O)C(=O)N1CC(F)CC1C(=O)NCCCN1CCOCC1. The van der Waals surface area contributed by atoms with Crippen molar-refractivity contribution in [3.8, 4) is 5.75 Å². The number of aromatic hydroxyl groups is 1. The number of benzene rings is 2. The molecule has 2 aliphatic rings. The first-order valence-corrected chi connectivity index (χ1v) is 14.1. The summed E-state index contributed by atoms with van der Waals surface area (Å²) >= 11 is 0. The van der Waals surface area contributed by atoms with Crippen LogP contribution in [-0.4, -0.2) is 108 Å². The van der Waals surface area contributed by atoms with Gasteiger partial charge in [-0.15, -0.1) is 0 Å². The first kappa shape index (κ1) is 30.4. The molecule has 0 radical (unpaired) electrons. The standard InChI is InChI=1S/C30H39FN4O6/c1-20-23(9-5-10-26(20)36)28(38)33-24(17-21-7-3-2-4-8-21)27(37)30(40)35-19-22(31)18-25(35)29(39)32-11-6-12-34-13-15-41-16-14-34/h2-5,7-10,22,24-25,27,36-37H,6,11-19H2,1H3,(H,32,39)(H,33,38). The molecule has 4 rings (SSSR count). The Morgan fingerprint density at radius 2 is 1.83 bits per heavy atom. The number of halogens is 1. The van der Waals surface area contributed by atoms with Gasteiger partial charge in [-0.2, -0.15) is 0 Å². The zero-order valence-electron chi connectivity index (χ0n) is 23.3. The first-order chi connectivity index (χ1) is 19.7. The summed E-state index contributed by atoms with van der Waals surface area (Å²) in [7, 11) is 0. The lowest BCUT2D eigenvalue weighted by Gasteiger charge is -2.30. The number of likely N-dealkylation sites (tertiary alicyclic amines) is 1. The molecule has 0 spiro atoms. The van der Waals surface area contributed by atoms with Crippen LogP contribution in [0.2, 0.25) is 0 Å². The van der Waals surface area contributed by atoms with Crippen molar-refractivity contribution in [3.63, 3.8) is 0 Å². The number of phenols is 1. The molecule has 4 N–H and O–H groups in total. The highest BCUT2D eigenvalue weighted by Gasteiger charge is 2.43. The van der Waals surface area contributed by atoms with E-state index in [2.05, 4.69) is 15.5 Å². The van der Waals surface area contributed by atoms with Crippen molar-refractivity contribution in [2.45, 2.75) is 50.5 Å². The molecule has 3 amide bonds. The van der Waals surface area contributed by atoms with Gasteiger partial charge in [0, 0.05) is 37.2 Å². The van der Waals surface area contributed by atoms with E-state index in [0.29, 0.717) is 31.7 Å². The number of hydrogen-bond donors (Lipinski definition) is 4. The second-order valence-corrected chi connectivity index (χ2v) is 10.6. The van der Waals surface area contributed by atoms with Crippen LogP contribution in [-0.2, 0) is 20.7 Å². The Kier molecular flexibility index (Phi) is 10.7. The van der Waals surface area contributed by atoms with E-state index in [1.165, 1.54) is 18.2 Å². The second-order valence-electron chi connectivity index (χ2n) is 10.6. The van der Waals surface area contributed by atoms with E-state index >= 15 is 0 Å². The summed E-state index contributed by atoms with van der Waals surface area (Å²) in [4.78, 5) is 43.0. The molecule has 2 saturated heterocycles. The van der Waals surface area contributed by atoms with Crippen molar-refractivity contribution in [2.24, 2.45) is 0 Å². The van der Waals surface area contributed by atoms with E-state index in [9.17, 15) is 29.0 Å². The number of alkyl halides is 1. The maximum absolute atomic E-state index is 14.5. The summed E-state index contributed by atoms with van der Waals surface area (Å²) in [6.07, 6.45) is -2.49. The van der Waals surface area contributed by atoms with Gasteiger partial charge in [-0.1, -0.05) is 36.4 Å². The number of amides is 3. The van der Waals surface area contributed by atoms with Gasteiger partial charge in [0.05, 0.1) is 25.8 Å². The Balaban J connectivity index is 1.43. The lowest BCUT2D eigenvalue weighted by atomic mass is 9.98. The average Bonchev–Trinajstić information content (AvgIpc) is 3.38. The summed E-state index contributed by atoms with van der Waals surface area (Å²) in [6, 6.07) is 11.4. The zero-order chi connectivity index (χ0) is 29.4. The Morgan fingerprint density at radius 3 is 2.56 bits per heavy atom. The third kappa shape index (κ3) is 8.02. The highest BCUT2D eigenvalue weighted by atomic mass is 19.1. The normalized spacial score (nSPS) is 20.8. The fourth-order valence-electron chi connectivity index (χ4n) is 5.30. The van der Waals surface area contributed by atoms with Gasteiger partial charge >= 0.3 is 0 Å². The number of aliphatic hydroxyl groups excluding tert-OH is 1. The zero-order valence-corrected chi connectivity index (χ0v) is 23.3. The maximum atomic E-state index is 14.5. The van der Waals surface area contributed by atoms with Crippen LogP contribution in [0.5, 0.6) is 5.75 Å². The molecule has 41 heavy (non-hydrogen) atoms. The molecule has 0 aliphatic carbocycles. The number of phenolic OH excluding ortho intramolecular Hbond substituents is 1. The molecule has 2 aromatic rings. The largest absolute Gasteiger partial charge is 0.508 e. The van der Waals surface area contributed by atoms with Gasteiger partial charge in [-0.05, 0) is 44.0 Å². The molecule has 10 nitrogen and oxygen atoms in total. The molecule has 4 atom stereocenters. The fraction of sp³-hybridized carbons (Fsp3) is 0.500. The lowest BCUT2D eigenvalue weighted by Crippen LogP contribution is -2.56. The molecule has 2 heterocycles.